The molecular formula is C20H29NO5. The van der Waals surface area contributed by atoms with Gasteiger partial charge in [0, 0.05) is 23.8 Å². The summed E-state index contributed by atoms with van der Waals surface area (Å²) in [4.78, 5) is 13.7. The molecule has 7 aliphatic rings. The van der Waals surface area contributed by atoms with Crippen LogP contribution in [-0.4, -0.2) is 57.8 Å². The Balaban J connectivity index is 1.62. The van der Waals surface area contributed by atoms with E-state index >= 15 is 0 Å². The number of ketones is 1. The van der Waals surface area contributed by atoms with Crippen LogP contribution in [0.25, 0.3) is 0 Å². The molecule has 4 aliphatic carbocycles. The zero-order valence-corrected chi connectivity index (χ0v) is 15.5. The first kappa shape index (κ1) is 16.4. The summed E-state index contributed by atoms with van der Waals surface area (Å²) in [7, 11) is 0. The number of hydrogen-bond acceptors (Lipinski definition) is 6. The molecule has 3 saturated heterocycles. The maximum atomic E-state index is 13.7. The van der Waals surface area contributed by atoms with Gasteiger partial charge in [-0.25, -0.2) is 0 Å². The number of rotatable bonds is 0. The molecular weight excluding hydrogens is 334 g/mol. The molecule has 6 heteroatoms. The second-order valence-corrected chi connectivity index (χ2v) is 10.7. The van der Waals surface area contributed by atoms with Crippen LogP contribution in [-0.2, 0) is 9.53 Å². The molecule has 4 N–H and O–H groups in total. The van der Waals surface area contributed by atoms with E-state index in [0.717, 1.165) is 32.1 Å². The number of ether oxygens (including phenoxy) is 1. The van der Waals surface area contributed by atoms with Crippen molar-refractivity contribution in [3.8, 4) is 0 Å². The van der Waals surface area contributed by atoms with Crippen LogP contribution in [0.1, 0.15) is 46.0 Å². The van der Waals surface area contributed by atoms with Crippen LogP contribution in [0.15, 0.2) is 0 Å². The summed E-state index contributed by atoms with van der Waals surface area (Å²) in [6.07, 6.45) is 2.44. The third-order valence-electron chi connectivity index (χ3n) is 9.62. The van der Waals surface area contributed by atoms with Crippen molar-refractivity contribution in [1.82, 2.24) is 5.32 Å². The van der Waals surface area contributed by atoms with Crippen LogP contribution in [0.3, 0.4) is 0 Å². The van der Waals surface area contributed by atoms with Gasteiger partial charge in [-0.2, -0.15) is 0 Å². The van der Waals surface area contributed by atoms with Gasteiger partial charge >= 0.3 is 0 Å². The van der Waals surface area contributed by atoms with Crippen molar-refractivity contribution in [1.29, 1.82) is 0 Å². The topological polar surface area (TPSA) is 109 Å². The number of carbonyl (C=O) groups excluding carboxylic acids is 1. The molecule has 3 heterocycles. The number of Topliss-reactive ketones (excluding diaryl/α,β-unsaturated/α-hetero) is 1. The van der Waals surface area contributed by atoms with Gasteiger partial charge in [0.05, 0.1) is 18.2 Å². The van der Waals surface area contributed by atoms with Gasteiger partial charge in [-0.1, -0.05) is 20.3 Å². The van der Waals surface area contributed by atoms with E-state index in [0.29, 0.717) is 13.2 Å². The lowest BCUT2D eigenvalue weighted by Gasteiger charge is -2.74. The molecule has 0 aromatic carbocycles. The minimum atomic E-state index is -1.98. The zero-order chi connectivity index (χ0) is 18.3. The molecule has 144 valence electrons. The van der Waals surface area contributed by atoms with Gasteiger partial charge in [0.25, 0.3) is 0 Å². The van der Waals surface area contributed by atoms with Crippen LogP contribution in [0.4, 0.5) is 0 Å². The van der Waals surface area contributed by atoms with Crippen LogP contribution < -0.4 is 5.32 Å². The largest absolute Gasteiger partial charge is 0.391 e. The Morgan fingerprint density at radius 3 is 2.58 bits per heavy atom. The second kappa shape index (κ2) is 4.23. The average molecular weight is 363 g/mol. The summed E-state index contributed by atoms with van der Waals surface area (Å²) >= 11 is 0. The normalized spacial score (nSPS) is 64.3. The summed E-state index contributed by atoms with van der Waals surface area (Å²) in [5, 5.41) is 37.7. The molecule has 7 fully saturated rings. The molecule has 0 aromatic rings. The maximum Gasteiger partial charge on any atom is 0.208 e. The van der Waals surface area contributed by atoms with Gasteiger partial charge in [0.2, 0.25) is 5.79 Å². The molecule has 9 atom stereocenters. The Kier molecular flexibility index (Phi) is 2.67. The molecule has 6 nitrogen and oxygen atoms in total. The standard InChI is InChI=1S/C20H29NO5/c1-16(2)6-3-7-17-9-26-20(25,14(23)12(16)17)19-11(17)5-4-10(13(19)22)18(8-21-18)15(19)24/h10-14,21-23,25H,3-9H2,1-2H3/t10-,11?,12?,13-,14+,17-,18?,19-,20-/m1/s1. The summed E-state index contributed by atoms with van der Waals surface area (Å²) in [6, 6.07) is 0. The van der Waals surface area contributed by atoms with Crippen LogP contribution in [0.2, 0.25) is 0 Å². The number of aliphatic hydroxyl groups is 3. The number of nitrogens with one attached hydrogen (secondary N) is 1. The van der Waals surface area contributed by atoms with E-state index in [-0.39, 0.29) is 34.4 Å². The fourth-order valence-electron chi connectivity index (χ4n) is 8.76. The van der Waals surface area contributed by atoms with Crippen molar-refractivity contribution in [3.05, 3.63) is 0 Å². The van der Waals surface area contributed by atoms with E-state index in [9.17, 15) is 20.1 Å². The van der Waals surface area contributed by atoms with Crippen molar-refractivity contribution >= 4 is 5.78 Å². The van der Waals surface area contributed by atoms with E-state index in [1.165, 1.54) is 0 Å². The van der Waals surface area contributed by atoms with Crippen molar-refractivity contribution < 1.29 is 24.9 Å². The molecule has 3 spiro atoms. The van der Waals surface area contributed by atoms with Crippen LogP contribution in [0, 0.1) is 34.0 Å². The summed E-state index contributed by atoms with van der Waals surface area (Å²) in [5.41, 5.74) is -2.56. The first-order valence-electron chi connectivity index (χ1n) is 10.2. The van der Waals surface area contributed by atoms with Crippen molar-refractivity contribution in [2.24, 2.45) is 34.0 Å². The Labute approximate surface area is 153 Å². The molecule has 3 aliphatic heterocycles. The second-order valence-electron chi connectivity index (χ2n) is 10.7. The van der Waals surface area contributed by atoms with Gasteiger partial charge in [-0.05, 0) is 37.0 Å². The average Bonchev–Trinajstić information content (AvgIpc) is 3.36. The lowest BCUT2D eigenvalue weighted by Crippen LogP contribution is -2.83. The predicted octanol–water partition coefficient (Wildman–Crippen LogP) is 0.191. The SMILES string of the molecule is CC1(C)CCC[C@]23CO[C@](O)([C@@H](O)C12)[C@]12C(=O)C4(CN4)[C@H](CCC31)[C@H]2O. The first-order chi connectivity index (χ1) is 12.2. The smallest absolute Gasteiger partial charge is 0.208 e. The summed E-state index contributed by atoms with van der Waals surface area (Å²) in [5.74, 6) is -2.51. The maximum absolute atomic E-state index is 13.7. The Hall–Kier alpha value is -0.530. The van der Waals surface area contributed by atoms with Crippen LogP contribution >= 0.6 is 0 Å². The van der Waals surface area contributed by atoms with Gasteiger partial charge < -0.3 is 25.4 Å². The minimum Gasteiger partial charge on any atom is -0.391 e. The quantitative estimate of drug-likeness (QED) is 0.458. The Morgan fingerprint density at radius 2 is 1.88 bits per heavy atom. The van der Waals surface area contributed by atoms with Gasteiger partial charge in [-0.3, -0.25) is 4.79 Å². The Morgan fingerprint density at radius 1 is 1.15 bits per heavy atom. The van der Waals surface area contributed by atoms with Crippen molar-refractivity contribution in [3.63, 3.8) is 0 Å². The van der Waals surface area contributed by atoms with E-state index in [4.69, 9.17) is 4.74 Å². The fraction of sp³-hybridized carbons (Fsp3) is 0.950. The summed E-state index contributed by atoms with van der Waals surface area (Å²) in [6.45, 7) is 5.28. The summed E-state index contributed by atoms with van der Waals surface area (Å²) < 4.78 is 5.98. The fourth-order valence-corrected chi connectivity index (χ4v) is 8.76. The van der Waals surface area contributed by atoms with Gasteiger partial charge in [0.1, 0.15) is 11.5 Å². The van der Waals surface area contributed by atoms with Gasteiger partial charge in [0.15, 0.2) is 5.78 Å². The van der Waals surface area contributed by atoms with E-state index in [1.807, 2.05) is 0 Å². The monoisotopic (exact) mass is 363 g/mol. The van der Waals surface area contributed by atoms with Crippen molar-refractivity contribution in [2.45, 2.75) is 69.5 Å². The highest BCUT2D eigenvalue weighted by molar-refractivity contribution is 6.02. The third kappa shape index (κ3) is 1.30. The van der Waals surface area contributed by atoms with Crippen LogP contribution in [0.5, 0.6) is 0 Å². The zero-order valence-electron chi connectivity index (χ0n) is 15.5. The number of carbonyl (C=O) groups is 1. The molecule has 3 unspecified atom stereocenters. The highest BCUT2D eigenvalue weighted by Gasteiger charge is 2.89. The third-order valence-corrected chi connectivity index (χ3v) is 9.62. The molecule has 4 bridgehead atoms. The van der Waals surface area contributed by atoms with E-state index < -0.39 is 28.9 Å². The van der Waals surface area contributed by atoms with Gasteiger partial charge in [-0.15, -0.1) is 0 Å². The predicted molar refractivity (Wildman–Crippen MR) is 90.9 cm³/mol. The number of aliphatic hydroxyl groups excluding tert-OH is 2. The molecule has 0 amide bonds. The molecule has 0 radical (unpaired) electrons. The Bertz CT molecular complexity index is 719. The lowest BCUT2D eigenvalue weighted by molar-refractivity contribution is -0.448. The highest BCUT2D eigenvalue weighted by Crippen LogP contribution is 2.77. The minimum absolute atomic E-state index is 0.104. The lowest BCUT2D eigenvalue weighted by atomic mass is 9.36. The first-order valence-corrected chi connectivity index (χ1v) is 10.2. The highest BCUT2D eigenvalue weighted by atomic mass is 16.6. The number of hydrogen-bond donors (Lipinski definition) is 4. The molecule has 0 aromatic heterocycles. The molecule has 7 rings (SSSR count). The number of fused-ring (bicyclic) bond motifs is 3. The van der Waals surface area contributed by atoms with Crippen molar-refractivity contribution in [2.75, 3.05) is 13.2 Å². The molecule has 26 heavy (non-hydrogen) atoms. The van der Waals surface area contributed by atoms with E-state index in [2.05, 4.69) is 19.2 Å². The molecule has 4 saturated carbocycles. The van der Waals surface area contributed by atoms with E-state index in [1.54, 1.807) is 0 Å².